The molecule has 2 spiro atoms. The third kappa shape index (κ3) is 1.61. The number of carbonyl (C=O) groups excluding carboxylic acids is 2. The van der Waals surface area contributed by atoms with E-state index in [2.05, 4.69) is 15.5 Å². The van der Waals surface area contributed by atoms with Crippen molar-refractivity contribution in [3.63, 3.8) is 0 Å². The Labute approximate surface area is 407 Å². The molecule has 1 fully saturated rings. The van der Waals surface area contributed by atoms with Gasteiger partial charge >= 0.3 is 0 Å². The van der Waals surface area contributed by atoms with E-state index in [0.29, 0.717) is 11.6 Å². The maximum absolute atomic E-state index is 15.6. The van der Waals surface area contributed by atoms with E-state index < -0.39 is 11.1 Å². The molecule has 5 aliphatic rings. The van der Waals surface area contributed by atoms with Crippen LogP contribution in [0.5, 0.6) is 0 Å². The average Bonchev–Trinajstić information content (AvgIpc) is 1.83. The smallest absolute Gasteiger partial charge is 0.239 e. The molecule has 0 radical (unpaired) electrons. The summed E-state index contributed by atoms with van der Waals surface area (Å²) in [5, 5.41) is 91.1. The topological polar surface area (TPSA) is 74.1 Å². The largest absolute Gasteiger partial charge is 0.311 e. The Morgan fingerprint density at radius 2 is 0.507 bits per heavy atom. The minimum absolute atomic E-state index is 0.0567. The Morgan fingerprint density at radius 1 is 0.320 bits per heavy atom. The van der Waals surface area contributed by atoms with Crippen LogP contribution in [0.2, 0.25) is 0 Å². The number of nitrogens with zero attached hydrogens (tertiary/aromatic N) is 2. The SMILES string of the molecule is CC(=O)Nc1cccc(NC(=O)CN2C34c5c6c7c8c9c%10c(c%11c%12c3c3c5c5c%13c6c6c7c7c9c9c%14c%10c%10c%11c%11c%12c%12c3c3c5c5c%13c%13c6c6c7c9c7c9c%14c%10c%10c%11c%11c%12c3c3c5c5c%13c6c7c6c9c%10c%11c3c56)C824)n1. The molecule has 28 aromatic carbocycles. The van der Waals surface area contributed by atoms with Crippen molar-refractivity contribution < 1.29 is 9.59 Å². The summed E-state index contributed by atoms with van der Waals surface area (Å²) in [6, 6.07) is 5.52. The molecule has 318 valence electrons. The van der Waals surface area contributed by atoms with Crippen LogP contribution in [0.15, 0.2) is 18.2 Å². The first-order valence-electron chi connectivity index (χ1n) is 27.2. The summed E-state index contributed by atoms with van der Waals surface area (Å²) >= 11 is 0. The van der Waals surface area contributed by atoms with Crippen LogP contribution in [-0.4, -0.2) is 28.2 Å². The number of hydrogen-bond acceptors (Lipinski definition) is 4. The molecule has 2 amide bonds. The first-order valence-corrected chi connectivity index (χ1v) is 27.2. The van der Waals surface area contributed by atoms with Gasteiger partial charge in [0.25, 0.3) is 0 Å². The van der Waals surface area contributed by atoms with Gasteiger partial charge in [0.2, 0.25) is 11.8 Å². The lowest BCUT2D eigenvalue weighted by atomic mass is 9.68. The lowest BCUT2D eigenvalue weighted by Gasteiger charge is -2.30. The highest BCUT2D eigenvalue weighted by Crippen LogP contribution is 2.90. The van der Waals surface area contributed by atoms with E-state index in [9.17, 15) is 4.79 Å². The Bertz CT molecular complexity index is 7100. The Hall–Kier alpha value is -9.49. The van der Waals surface area contributed by atoms with Gasteiger partial charge in [0.1, 0.15) is 22.7 Å². The molecule has 2 N–H and O–H groups in total. The molecule has 75 heavy (non-hydrogen) atoms. The molecule has 6 nitrogen and oxygen atoms in total. The predicted molar refractivity (Wildman–Crippen MR) is 308 cm³/mol. The average molecular weight is 927 g/mol. The molecule has 1 saturated heterocycles. The standard InChI is InChI=1S/C69H10N4O2/c1-6(74)70-7-3-2-4-8(71-7)72-9(75)5-73-68-64-56-48-38-28-20-12-10-11-14-18-16(12)24-32-26(18)36-30-22(14)23-15(11)19-17-13(10)21(20)29-35-25(17)33-27(19)37-31(23)41-40(30)50-44(36)54-46(32)52(42(48)34(24)28)60(64)62(54)66-58(50)59-51(41)45(37)55-47(33)53-43(35)49(39(29)38)57(56)65(68)61(53)63(55)67(59)69(66,68)73/h2-4H,5H2,1H3,(H2,70,71,72,74,75). The maximum atomic E-state index is 15.6. The molecular weight excluding hydrogens is 917 g/mol. The Balaban J connectivity index is 0.998. The van der Waals surface area contributed by atoms with Crippen molar-refractivity contribution in [3.8, 4) is 0 Å². The zero-order valence-electron chi connectivity index (χ0n) is 38.2. The third-order valence-corrected chi connectivity index (χ3v) is 25.6. The molecule has 6 heteroatoms. The van der Waals surface area contributed by atoms with Gasteiger partial charge in [-0.3, -0.25) is 14.5 Å². The van der Waals surface area contributed by atoms with Gasteiger partial charge < -0.3 is 10.6 Å². The monoisotopic (exact) mass is 926 g/mol. The van der Waals surface area contributed by atoms with Crippen molar-refractivity contribution in [3.05, 3.63) is 40.5 Å². The molecule has 0 unspecified atom stereocenters. The van der Waals surface area contributed by atoms with Crippen molar-refractivity contribution in [2.45, 2.75) is 18.0 Å². The minimum Gasteiger partial charge on any atom is -0.311 e. The number of aromatic nitrogens is 1. The fourth-order valence-corrected chi connectivity index (χ4v) is 25.4. The van der Waals surface area contributed by atoms with Crippen LogP contribution in [0.4, 0.5) is 11.6 Å². The summed E-state index contributed by atoms with van der Waals surface area (Å²) in [6.45, 7) is 1.73. The highest BCUT2D eigenvalue weighted by atomic mass is 16.2. The number of carbonyl (C=O) groups is 2. The van der Waals surface area contributed by atoms with Gasteiger partial charge in [-0.05, 0) is 325 Å². The Morgan fingerprint density at radius 3 is 0.707 bits per heavy atom. The second kappa shape index (κ2) is 6.60. The first kappa shape index (κ1) is 28.7. The molecular formula is C69H10N4O2. The van der Waals surface area contributed by atoms with Crippen molar-refractivity contribution in [2.24, 2.45) is 0 Å². The number of amides is 2. The van der Waals surface area contributed by atoms with Gasteiger partial charge in [-0.1, -0.05) is 6.07 Å². The van der Waals surface area contributed by atoms with Crippen LogP contribution in [0.3, 0.4) is 0 Å². The third-order valence-electron chi connectivity index (χ3n) is 25.6. The highest BCUT2D eigenvalue weighted by Gasteiger charge is 2.86. The van der Waals surface area contributed by atoms with Crippen LogP contribution < -0.4 is 10.6 Å². The van der Waals surface area contributed by atoms with Crippen molar-refractivity contribution in [1.82, 2.24) is 9.88 Å². The number of benzene rings is 18. The molecule has 29 aromatic rings. The molecule has 34 rings (SSSR count). The summed E-state index contributed by atoms with van der Waals surface area (Å²) in [6.07, 6.45) is 0. The van der Waals surface area contributed by atoms with Crippen LogP contribution in [0.25, 0.3) is 291 Å². The van der Waals surface area contributed by atoms with E-state index in [4.69, 9.17) is 4.98 Å². The minimum atomic E-state index is -0.568. The first-order chi connectivity index (χ1) is 37.1. The Kier molecular flexibility index (Phi) is 2.52. The molecule has 1 aromatic heterocycles. The van der Waals surface area contributed by atoms with E-state index in [1.807, 2.05) is 12.1 Å². The zero-order chi connectivity index (χ0) is 45.3. The number of nitrogens with one attached hydrogen (secondary N) is 2. The number of anilines is 2. The number of pyridine rings is 1. The fourth-order valence-electron chi connectivity index (χ4n) is 25.4. The van der Waals surface area contributed by atoms with Gasteiger partial charge in [-0.25, -0.2) is 4.98 Å². The molecule has 0 atom stereocenters. The normalized spacial score (nSPS) is 22.3. The van der Waals surface area contributed by atoms with E-state index >= 15 is 4.79 Å². The number of rotatable bonds is 4. The lowest BCUT2D eigenvalue weighted by Crippen LogP contribution is -2.27. The highest BCUT2D eigenvalue weighted by molar-refractivity contribution is 6.82. The van der Waals surface area contributed by atoms with Crippen LogP contribution in [-0.2, 0) is 20.7 Å². The van der Waals surface area contributed by atoms with Gasteiger partial charge in [-0.15, -0.1) is 0 Å². The van der Waals surface area contributed by atoms with E-state index in [1.165, 1.54) is 72.3 Å². The van der Waals surface area contributed by atoms with E-state index in [1.54, 1.807) is 254 Å². The quantitative estimate of drug-likeness (QED) is 0.136. The second-order valence-corrected chi connectivity index (χ2v) is 26.4. The van der Waals surface area contributed by atoms with Crippen LogP contribution in [0, 0.1) is 0 Å². The summed E-state index contributed by atoms with van der Waals surface area (Å²) in [4.78, 5) is 35.4. The maximum Gasteiger partial charge on any atom is 0.239 e. The molecule has 0 bridgehead atoms. The zero-order valence-corrected chi connectivity index (χ0v) is 38.2. The van der Waals surface area contributed by atoms with Crippen LogP contribution in [0.1, 0.15) is 29.2 Å². The number of hydrogen-bond donors (Lipinski definition) is 2. The summed E-state index contributed by atoms with van der Waals surface area (Å²) in [7, 11) is 0. The van der Waals surface area contributed by atoms with E-state index in [-0.39, 0.29) is 18.4 Å². The summed E-state index contributed by atoms with van der Waals surface area (Å²) in [5.74, 6) is 0.660. The van der Waals surface area contributed by atoms with Gasteiger partial charge in [0.15, 0.2) is 0 Å². The van der Waals surface area contributed by atoms with Gasteiger partial charge in [0, 0.05) is 6.92 Å². The van der Waals surface area contributed by atoms with Crippen molar-refractivity contribution in [1.29, 1.82) is 0 Å². The van der Waals surface area contributed by atoms with Crippen molar-refractivity contribution >= 4 is 314 Å². The summed E-state index contributed by atoms with van der Waals surface area (Å²) < 4.78 is 0. The van der Waals surface area contributed by atoms with Gasteiger partial charge in [0.05, 0.1) is 6.54 Å². The van der Waals surface area contributed by atoms with Gasteiger partial charge in [-0.2, -0.15) is 0 Å². The molecule has 2 heterocycles. The van der Waals surface area contributed by atoms with E-state index in [0.717, 1.165) is 0 Å². The fraction of sp³-hybridized carbons (Fsp3) is 0.0580. The van der Waals surface area contributed by atoms with Crippen molar-refractivity contribution in [2.75, 3.05) is 17.2 Å². The molecule has 1 aliphatic heterocycles. The predicted octanol–water partition coefficient (Wildman–Crippen LogP) is 16.5. The lowest BCUT2D eigenvalue weighted by molar-refractivity contribution is -0.116. The van der Waals surface area contributed by atoms with Crippen LogP contribution >= 0.6 is 0 Å². The molecule has 0 saturated carbocycles. The summed E-state index contributed by atoms with van der Waals surface area (Å²) in [5.41, 5.74) is 5.02. The second-order valence-electron chi connectivity index (χ2n) is 26.4. The molecule has 4 aliphatic carbocycles.